The highest BCUT2D eigenvalue weighted by molar-refractivity contribution is 4.84. The zero-order valence-electron chi connectivity index (χ0n) is 7.64. The van der Waals surface area contributed by atoms with Crippen LogP contribution in [0.5, 0.6) is 0 Å². The quantitative estimate of drug-likeness (QED) is 0.631. The molecule has 11 heavy (non-hydrogen) atoms. The van der Waals surface area contributed by atoms with Crippen LogP contribution in [0.4, 0.5) is 0 Å². The Kier molecular flexibility index (Phi) is 3.34. The van der Waals surface area contributed by atoms with Crippen molar-refractivity contribution in [2.45, 2.75) is 57.7 Å². The predicted molar refractivity (Wildman–Crippen MR) is 48.5 cm³/mol. The largest absolute Gasteiger partial charge is 0.326 e. The van der Waals surface area contributed by atoms with E-state index in [2.05, 4.69) is 19.2 Å². The van der Waals surface area contributed by atoms with E-state index < -0.39 is 0 Å². The van der Waals surface area contributed by atoms with Gasteiger partial charge in [-0.05, 0) is 12.8 Å². The number of rotatable bonds is 2. The molecule has 1 aliphatic rings. The zero-order valence-corrected chi connectivity index (χ0v) is 7.64. The molecule has 2 atom stereocenters. The standard InChI is InChI=1S/C9H20N2/c1-7(2)11-9-6-4-3-5-8(9)10/h7-9,11H,3-6,10H2,1-2H3/t8-,9+/m0/s1. The summed E-state index contributed by atoms with van der Waals surface area (Å²) in [6, 6.07) is 1.54. The smallest absolute Gasteiger partial charge is 0.0221 e. The second kappa shape index (κ2) is 4.07. The van der Waals surface area contributed by atoms with E-state index in [1.165, 1.54) is 25.7 Å². The molecule has 1 rings (SSSR count). The van der Waals surface area contributed by atoms with Gasteiger partial charge in [0.1, 0.15) is 0 Å². The Morgan fingerprint density at radius 1 is 1.27 bits per heavy atom. The van der Waals surface area contributed by atoms with Crippen molar-refractivity contribution in [1.29, 1.82) is 0 Å². The van der Waals surface area contributed by atoms with Crippen LogP contribution in [0.25, 0.3) is 0 Å². The van der Waals surface area contributed by atoms with E-state index in [-0.39, 0.29) is 0 Å². The van der Waals surface area contributed by atoms with Crippen molar-refractivity contribution >= 4 is 0 Å². The summed E-state index contributed by atoms with van der Waals surface area (Å²) in [6.45, 7) is 4.36. The molecule has 1 aliphatic carbocycles. The van der Waals surface area contributed by atoms with Gasteiger partial charge in [0, 0.05) is 18.1 Å². The lowest BCUT2D eigenvalue weighted by molar-refractivity contribution is 0.311. The summed E-state index contributed by atoms with van der Waals surface area (Å²) >= 11 is 0. The van der Waals surface area contributed by atoms with Crippen LogP contribution in [-0.4, -0.2) is 18.1 Å². The van der Waals surface area contributed by atoms with Crippen LogP contribution in [-0.2, 0) is 0 Å². The highest BCUT2D eigenvalue weighted by Gasteiger charge is 2.21. The molecular formula is C9H20N2. The van der Waals surface area contributed by atoms with E-state index in [0.717, 1.165) is 0 Å². The lowest BCUT2D eigenvalue weighted by Crippen LogP contribution is -2.49. The van der Waals surface area contributed by atoms with Crippen molar-refractivity contribution in [1.82, 2.24) is 5.32 Å². The molecule has 1 saturated carbocycles. The zero-order chi connectivity index (χ0) is 8.27. The van der Waals surface area contributed by atoms with Gasteiger partial charge >= 0.3 is 0 Å². The molecular weight excluding hydrogens is 136 g/mol. The highest BCUT2D eigenvalue weighted by Crippen LogP contribution is 2.16. The van der Waals surface area contributed by atoms with Crippen LogP contribution in [0.15, 0.2) is 0 Å². The molecule has 0 heterocycles. The third-order valence-corrected chi connectivity index (χ3v) is 2.37. The number of nitrogens with two attached hydrogens (primary N) is 1. The Morgan fingerprint density at radius 2 is 1.91 bits per heavy atom. The van der Waals surface area contributed by atoms with Crippen LogP contribution in [0.3, 0.4) is 0 Å². The van der Waals surface area contributed by atoms with Gasteiger partial charge in [0.05, 0.1) is 0 Å². The fourth-order valence-electron chi connectivity index (χ4n) is 1.79. The monoisotopic (exact) mass is 156 g/mol. The summed E-state index contributed by atoms with van der Waals surface area (Å²) in [5, 5.41) is 3.51. The van der Waals surface area contributed by atoms with E-state index in [1.807, 2.05) is 0 Å². The Balaban J connectivity index is 2.29. The topological polar surface area (TPSA) is 38.0 Å². The lowest BCUT2D eigenvalue weighted by atomic mass is 9.90. The maximum Gasteiger partial charge on any atom is 0.0221 e. The minimum Gasteiger partial charge on any atom is -0.326 e. The van der Waals surface area contributed by atoms with E-state index in [1.54, 1.807) is 0 Å². The highest BCUT2D eigenvalue weighted by atomic mass is 15.0. The minimum atomic E-state index is 0.395. The normalized spacial score (nSPS) is 32.7. The van der Waals surface area contributed by atoms with Gasteiger partial charge in [0.2, 0.25) is 0 Å². The Bertz CT molecular complexity index is 112. The molecule has 0 unspecified atom stereocenters. The molecule has 2 heteroatoms. The average molecular weight is 156 g/mol. The fraction of sp³-hybridized carbons (Fsp3) is 1.00. The molecule has 66 valence electrons. The number of hydrogen-bond donors (Lipinski definition) is 2. The summed E-state index contributed by atoms with van der Waals surface area (Å²) in [6.07, 6.45) is 5.12. The van der Waals surface area contributed by atoms with E-state index in [9.17, 15) is 0 Å². The number of nitrogens with one attached hydrogen (secondary N) is 1. The fourth-order valence-corrected chi connectivity index (χ4v) is 1.79. The van der Waals surface area contributed by atoms with Gasteiger partial charge in [-0.1, -0.05) is 26.7 Å². The molecule has 0 aromatic carbocycles. The summed E-state index contributed by atoms with van der Waals surface area (Å²) in [7, 11) is 0. The van der Waals surface area contributed by atoms with E-state index in [4.69, 9.17) is 5.73 Å². The molecule has 2 nitrogen and oxygen atoms in total. The van der Waals surface area contributed by atoms with Gasteiger partial charge in [-0.25, -0.2) is 0 Å². The van der Waals surface area contributed by atoms with Crippen molar-refractivity contribution in [3.05, 3.63) is 0 Å². The minimum absolute atomic E-state index is 0.395. The lowest BCUT2D eigenvalue weighted by Gasteiger charge is -2.30. The van der Waals surface area contributed by atoms with Crippen molar-refractivity contribution in [2.75, 3.05) is 0 Å². The van der Waals surface area contributed by atoms with Crippen LogP contribution < -0.4 is 11.1 Å². The first-order valence-corrected chi connectivity index (χ1v) is 4.72. The first-order valence-electron chi connectivity index (χ1n) is 4.72. The van der Waals surface area contributed by atoms with Gasteiger partial charge in [0.25, 0.3) is 0 Å². The van der Waals surface area contributed by atoms with E-state index in [0.29, 0.717) is 18.1 Å². The maximum absolute atomic E-state index is 5.96. The van der Waals surface area contributed by atoms with Gasteiger partial charge < -0.3 is 11.1 Å². The van der Waals surface area contributed by atoms with Gasteiger partial charge in [-0.15, -0.1) is 0 Å². The Labute approximate surface area is 69.5 Å². The summed E-state index contributed by atoms with van der Waals surface area (Å²) in [5.74, 6) is 0. The third kappa shape index (κ3) is 2.80. The molecule has 0 aromatic rings. The second-order valence-electron chi connectivity index (χ2n) is 3.88. The van der Waals surface area contributed by atoms with Crippen LogP contribution in [0.2, 0.25) is 0 Å². The van der Waals surface area contributed by atoms with Crippen LogP contribution >= 0.6 is 0 Å². The van der Waals surface area contributed by atoms with Gasteiger partial charge in [-0.3, -0.25) is 0 Å². The third-order valence-electron chi connectivity index (χ3n) is 2.37. The molecule has 0 bridgehead atoms. The Morgan fingerprint density at radius 3 is 2.45 bits per heavy atom. The van der Waals surface area contributed by atoms with Gasteiger partial charge in [-0.2, -0.15) is 0 Å². The van der Waals surface area contributed by atoms with Crippen molar-refractivity contribution in [3.63, 3.8) is 0 Å². The molecule has 0 aliphatic heterocycles. The molecule has 3 N–H and O–H groups in total. The Hall–Kier alpha value is -0.0800. The van der Waals surface area contributed by atoms with Crippen LogP contribution in [0, 0.1) is 0 Å². The summed E-state index contributed by atoms with van der Waals surface area (Å²) < 4.78 is 0. The molecule has 0 aromatic heterocycles. The molecule has 0 spiro atoms. The molecule has 0 amide bonds. The first kappa shape index (κ1) is 9.01. The van der Waals surface area contributed by atoms with E-state index >= 15 is 0 Å². The summed E-state index contributed by atoms with van der Waals surface area (Å²) in [4.78, 5) is 0. The van der Waals surface area contributed by atoms with Crippen LogP contribution in [0.1, 0.15) is 39.5 Å². The predicted octanol–water partition coefficient (Wildman–Crippen LogP) is 1.25. The number of hydrogen-bond acceptors (Lipinski definition) is 2. The van der Waals surface area contributed by atoms with Gasteiger partial charge in [0.15, 0.2) is 0 Å². The van der Waals surface area contributed by atoms with Crippen molar-refractivity contribution in [2.24, 2.45) is 5.73 Å². The average Bonchev–Trinajstić information content (AvgIpc) is 1.93. The second-order valence-corrected chi connectivity index (χ2v) is 3.88. The summed E-state index contributed by atoms with van der Waals surface area (Å²) in [5.41, 5.74) is 5.96. The molecule has 1 fully saturated rings. The SMILES string of the molecule is CC(C)N[C@@H]1CCCC[C@@H]1N. The molecule has 0 radical (unpaired) electrons. The van der Waals surface area contributed by atoms with Crippen molar-refractivity contribution < 1.29 is 0 Å². The van der Waals surface area contributed by atoms with Crippen molar-refractivity contribution in [3.8, 4) is 0 Å². The molecule has 0 saturated heterocycles. The maximum atomic E-state index is 5.96. The first-order chi connectivity index (χ1) is 5.20.